The fraction of sp³-hybridized carbons (Fsp3) is 0.500. The van der Waals surface area contributed by atoms with Crippen LogP contribution in [0.25, 0.3) is 0 Å². The van der Waals surface area contributed by atoms with E-state index in [1.807, 2.05) is 12.1 Å². The van der Waals surface area contributed by atoms with Gasteiger partial charge in [0.25, 0.3) is 5.88 Å². The first-order valence-electron chi connectivity index (χ1n) is 9.98. The van der Waals surface area contributed by atoms with Crippen molar-refractivity contribution in [2.45, 2.75) is 38.3 Å². The van der Waals surface area contributed by atoms with Crippen LogP contribution in [-0.2, 0) is 6.54 Å². The van der Waals surface area contributed by atoms with E-state index in [0.717, 1.165) is 37.5 Å². The maximum atomic E-state index is 8.98. The van der Waals surface area contributed by atoms with Crippen LogP contribution in [0.15, 0.2) is 42.6 Å². The molecule has 2 aliphatic heterocycles. The lowest BCUT2D eigenvalue weighted by atomic mass is 9.92. The van der Waals surface area contributed by atoms with Crippen LogP contribution in [0.2, 0.25) is 0 Å². The van der Waals surface area contributed by atoms with Gasteiger partial charge in [0, 0.05) is 19.3 Å². The number of aliphatic hydroxyl groups is 1. The number of piperidine rings is 1. The highest BCUT2D eigenvalue weighted by molar-refractivity contribution is 5.35. The molecule has 5 heteroatoms. The second-order valence-corrected chi connectivity index (χ2v) is 7.55. The van der Waals surface area contributed by atoms with Gasteiger partial charge in [-0.3, -0.25) is 4.90 Å². The fourth-order valence-corrected chi connectivity index (χ4v) is 3.98. The Morgan fingerprint density at radius 1 is 1.11 bits per heavy atom. The number of aromatic nitrogens is 1. The predicted molar refractivity (Wildman–Crippen MR) is 104 cm³/mol. The molecule has 1 unspecified atom stereocenters. The molecule has 2 aromatic rings. The smallest absolute Gasteiger partial charge is 0.257 e. The maximum absolute atomic E-state index is 8.98. The zero-order valence-corrected chi connectivity index (χ0v) is 15.7. The van der Waals surface area contributed by atoms with Gasteiger partial charge in [-0.2, -0.15) is 0 Å². The second-order valence-electron chi connectivity index (χ2n) is 7.55. The molecular weight excluding hydrogens is 340 g/mol. The highest BCUT2D eigenvalue weighted by Crippen LogP contribution is 2.34. The van der Waals surface area contributed by atoms with Gasteiger partial charge in [0.2, 0.25) is 0 Å². The third-order valence-electron chi connectivity index (χ3n) is 5.62. The predicted octanol–water partition coefficient (Wildman–Crippen LogP) is 3.58. The van der Waals surface area contributed by atoms with Crippen LogP contribution in [-0.4, -0.2) is 41.3 Å². The van der Waals surface area contributed by atoms with E-state index in [1.54, 1.807) is 6.20 Å². The number of likely N-dealkylation sites (tertiary alicyclic amines) is 1. The van der Waals surface area contributed by atoms with Crippen molar-refractivity contribution >= 4 is 0 Å². The second kappa shape index (κ2) is 8.72. The Kier molecular flexibility index (Phi) is 5.90. The lowest BCUT2D eigenvalue weighted by molar-refractivity contribution is 0.0850. The summed E-state index contributed by atoms with van der Waals surface area (Å²) in [6.45, 7) is 4.14. The van der Waals surface area contributed by atoms with Crippen molar-refractivity contribution in [3.8, 4) is 11.6 Å². The van der Waals surface area contributed by atoms with Gasteiger partial charge in [0.05, 0.1) is 0 Å². The van der Waals surface area contributed by atoms with E-state index in [4.69, 9.17) is 14.6 Å². The molecule has 3 heterocycles. The summed E-state index contributed by atoms with van der Waals surface area (Å²) in [5.41, 5.74) is 2.46. The Bertz CT molecular complexity index is 727. The van der Waals surface area contributed by atoms with Crippen molar-refractivity contribution in [2.75, 3.05) is 26.3 Å². The molecule has 0 bridgehead atoms. The van der Waals surface area contributed by atoms with E-state index in [9.17, 15) is 0 Å². The van der Waals surface area contributed by atoms with Crippen molar-refractivity contribution in [1.29, 1.82) is 0 Å². The number of ether oxygens (including phenoxy) is 2. The summed E-state index contributed by atoms with van der Waals surface area (Å²) < 4.78 is 11.8. The van der Waals surface area contributed by atoms with Crippen molar-refractivity contribution in [3.05, 3.63) is 53.7 Å². The Morgan fingerprint density at radius 3 is 2.70 bits per heavy atom. The molecule has 1 atom stereocenters. The van der Waals surface area contributed by atoms with Gasteiger partial charge < -0.3 is 14.6 Å². The molecular formula is C22H28N2O3. The van der Waals surface area contributed by atoms with Crippen LogP contribution in [0.5, 0.6) is 11.6 Å². The quantitative estimate of drug-likeness (QED) is 0.845. The molecule has 1 N–H and O–H groups in total. The average Bonchev–Trinajstić information content (AvgIpc) is 2.73. The molecule has 1 saturated heterocycles. The van der Waals surface area contributed by atoms with Gasteiger partial charge >= 0.3 is 0 Å². The number of hydrogen-bond acceptors (Lipinski definition) is 5. The summed E-state index contributed by atoms with van der Waals surface area (Å²) in [6, 6.07) is 12.4. The summed E-state index contributed by atoms with van der Waals surface area (Å²) in [5.74, 6) is 2.07. The standard InChI is InChI=1S/C22H28N2O3/c25-14-2-3-17-9-12-24(13-10-17)15-18-5-7-19(8-6-18)21-16-26-20-4-1-11-23-22(20)27-21/h1,4-8,11,17,21,25H,2-3,9-10,12-16H2. The first-order chi connectivity index (χ1) is 13.3. The molecule has 4 rings (SSSR count). The maximum Gasteiger partial charge on any atom is 0.257 e. The number of hydrogen-bond donors (Lipinski definition) is 1. The first kappa shape index (κ1) is 18.3. The zero-order chi connectivity index (χ0) is 18.5. The number of rotatable bonds is 6. The monoisotopic (exact) mass is 368 g/mol. The van der Waals surface area contributed by atoms with E-state index in [1.165, 1.54) is 24.8 Å². The minimum absolute atomic E-state index is 0.108. The number of pyridine rings is 1. The van der Waals surface area contributed by atoms with Gasteiger partial charge in [-0.15, -0.1) is 0 Å². The van der Waals surface area contributed by atoms with Crippen LogP contribution < -0.4 is 9.47 Å². The molecule has 0 amide bonds. The minimum Gasteiger partial charge on any atom is -0.484 e. The molecule has 1 fully saturated rings. The SMILES string of the molecule is OCCCC1CCN(Cc2ccc(C3COc4cccnc4O3)cc2)CC1. The number of nitrogens with zero attached hydrogens (tertiary/aromatic N) is 2. The fourth-order valence-electron chi connectivity index (χ4n) is 3.98. The topological polar surface area (TPSA) is 54.8 Å². The summed E-state index contributed by atoms with van der Waals surface area (Å²) in [5, 5.41) is 8.98. The number of benzene rings is 1. The normalized spacial score (nSPS) is 20.6. The molecule has 27 heavy (non-hydrogen) atoms. The minimum atomic E-state index is -0.108. The summed E-state index contributed by atoms with van der Waals surface area (Å²) >= 11 is 0. The number of aliphatic hydroxyl groups excluding tert-OH is 1. The van der Waals surface area contributed by atoms with Gasteiger partial charge in [-0.25, -0.2) is 4.98 Å². The van der Waals surface area contributed by atoms with Gasteiger partial charge in [0.1, 0.15) is 6.61 Å². The highest BCUT2D eigenvalue weighted by Gasteiger charge is 2.23. The van der Waals surface area contributed by atoms with Crippen LogP contribution in [0.4, 0.5) is 0 Å². The Balaban J connectivity index is 1.30. The molecule has 5 nitrogen and oxygen atoms in total. The lowest BCUT2D eigenvalue weighted by Crippen LogP contribution is -2.33. The largest absolute Gasteiger partial charge is 0.484 e. The summed E-state index contributed by atoms with van der Waals surface area (Å²) in [4.78, 5) is 6.78. The first-order valence-corrected chi connectivity index (χ1v) is 9.98. The average molecular weight is 368 g/mol. The van der Waals surface area contributed by atoms with Crippen molar-refractivity contribution < 1.29 is 14.6 Å². The van der Waals surface area contributed by atoms with Gasteiger partial charge in [-0.05, 0) is 68.0 Å². The molecule has 0 saturated carbocycles. The van der Waals surface area contributed by atoms with Gasteiger partial charge in [0.15, 0.2) is 11.9 Å². The van der Waals surface area contributed by atoms with Crippen molar-refractivity contribution in [3.63, 3.8) is 0 Å². The Morgan fingerprint density at radius 2 is 1.93 bits per heavy atom. The van der Waals surface area contributed by atoms with Crippen LogP contribution in [0, 0.1) is 5.92 Å². The third kappa shape index (κ3) is 4.60. The van der Waals surface area contributed by atoms with Crippen molar-refractivity contribution in [1.82, 2.24) is 9.88 Å². The lowest BCUT2D eigenvalue weighted by Gasteiger charge is -2.32. The molecule has 0 aliphatic carbocycles. The Hall–Kier alpha value is -2.11. The molecule has 1 aromatic carbocycles. The van der Waals surface area contributed by atoms with Gasteiger partial charge in [-0.1, -0.05) is 24.3 Å². The summed E-state index contributed by atoms with van der Waals surface area (Å²) in [7, 11) is 0. The zero-order valence-electron chi connectivity index (χ0n) is 15.7. The van der Waals surface area contributed by atoms with Crippen molar-refractivity contribution in [2.24, 2.45) is 5.92 Å². The summed E-state index contributed by atoms with van der Waals surface area (Å²) in [6.07, 6.45) is 6.22. The third-order valence-corrected chi connectivity index (χ3v) is 5.62. The molecule has 0 radical (unpaired) electrons. The van der Waals surface area contributed by atoms with E-state index >= 15 is 0 Å². The molecule has 144 valence electrons. The molecule has 0 spiro atoms. The molecule has 2 aliphatic rings. The van der Waals surface area contributed by atoms with Crippen LogP contribution in [0.1, 0.15) is 42.9 Å². The van der Waals surface area contributed by atoms with E-state index in [0.29, 0.717) is 24.8 Å². The van der Waals surface area contributed by atoms with E-state index in [2.05, 4.69) is 34.1 Å². The van der Waals surface area contributed by atoms with E-state index < -0.39 is 0 Å². The Labute approximate surface area is 160 Å². The highest BCUT2D eigenvalue weighted by atomic mass is 16.6. The number of fused-ring (bicyclic) bond motifs is 1. The van der Waals surface area contributed by atoms with E-state index in [-0.39, 0.29) is 6.10 Å². The molecule has 1 aromatic heterocycles. The van der Waals surface area contributed by atoms with Crippen LogP contribution in [0.3, 0.4) is 0 Å². The van der Waals surface area contributed by atoms with Crippen LogP contribution >= 0.6 is 0 Å².